The van der Waals surface area contributed by atoms with Gasteiger partial charge >= 0.3 is 12.0 Å². The number of rotatable bonds is 3. The molecule has 2 N–H and O–H groups in total. The van der Waals surface area contributed by atoms with Crippen LogP contribution < -0.4 is 10.6 Å². The monoisotopic (exact) mass is 293 g/mol. The number of hydrogen-bond donors (Lipinski definition) is 2. The number of thiazole rings is 1. The third kappa shape index (κ3) is 3.24. The van der Waals surface area contributed by atoms with Crippen LogP contribution in [0.25, 0.3) is 10.2 Å². The summed E-state index contributed by atoms with van der Waals surface area (Å²) in [5.41, 5.74) is 1.18. The average Bonchev–Trinajstić information content (AvgIpc) is 2.77. The van der Waals surface area contributed by atoms with Gasteiger partial charge in [0, 0.05) is 6.04 Å². The maximum Gasteiger partial charge on any atom is 0.337 e. The molecule has 106 valence electrons. The summed E-state index contributed by atoms with van der Waals surface area (Å²) in [6.07, 6.45) is 0. The number of ether oxygens (including phenoxy) is 1. The van der Waals surface area contributed by atoms with Crippen molar-refractivity contribution < 1.29 is 14.3 Å². The molecule has 2 aromatic rings. The van der Waals surface area contributed by atoms with E-state index in [1.807, 2.05) is 13.8 Å². The van der Waals surface area contributed by atoms with Crippen LogP contribution in [0.15, 0.2) is 18.2 Å². The van der Waals surface area contributed by atoms with Crippen molar-refractivity contribution in [3.8, 4) is 0 Å². The number of carbonyl (C=O) groups excluding carboxylic acids is 2. The summed E-state index contributed by atoms with van der Waals surface area (Å²) in [4.78, 5) is 27.3. The molecule has 0 atom stereocenters. The van der Waals surface area contributed by atoms with Gasteiger partial charge in [0.25, 0.3) is 0 Å². The number of hydrogen-bond acceptors (Lipinski definition) is 5. The zero-order chi connectivity index (χ0) is 14.7. The summed E-state index contributed by atoms with van der Waals surface area (Å²) in [6, 6.07) is 4.82. The number of nitrogens with zero attached hydrogens (tertiary/aromatic N) is 1. The first-order valence-electron chi connectivity index (χ1n) is 6.06. The number of esters is 1. The topological polar surface area (TPSA) is 80.3 Å². The van der Waals surface area contributed by atoms with Crippen LogP contribution in [0.3, 0.4) is 0 Å². The number of benzene rings is 1. The Hall–Kier alpha value is -2.15. The zero-order valence-electron chi connectivity index (χ0n) is 11.4. The van der Waals surface area contributed by atoms with E-state index >= 15 is 0 Å². The van der Waals surface area contributed by atoms with E-state index in [1.54, 1.807) is 18.2 Å². The van der Waals surface area contributed by atoms with Crippen LogP contribution in [-0.2, 0) is 4.74 Å². The van der Waals surface area contributed by atoms with Gasteiger partial charge < -0.3 is 10.1 Å². The summed E-state index contributed by atoms with van der Waals surface area (Å²) in [5, 5.41) is 5.87. The molecule has 6 nitrogen and oxygen atoms in total. The van der Waals surface area contributed by atoms with Gasteiger partial charge in [-0.1, -0.05) is 11.3 Å². The van der Waals surface area contributed by atoms with E-state index in [4.69, 9.17) is 0 Å². The van der Waals surface area contributed by atoms with Crippen molar-refractivity contribution in [2.75, 3.05) is 12.4 Å². The summed E-state index contributed by atoms with van der Waals surface area (Å²) >= 11 is 1.30. The number of urea groups is 1. The first-order valence-corrected chi connectivity index (χ1v) is 6.87. The van der Waals surface area contributed by atoms with Gasteiger partial charge in [-0.2, -0.15) is 0 Å². The number of anilines is 1. The van der Waals surface area contributed by atoms with Gasteiger partial charge in [-0.3, -0.25) is 5.32 Å². The highest BCUT2D eigenvalue weighted by atomic mass is 32.1. The zero-order valence-corrected chi connectivity index (χ0v) is 12.2. The lowest BCUT2D eigenvalue weighted by Gasteiger charge is -2.07. The second-order valence-electron chi connectivity index (χ2n) is 4.45. The molecule has 0 saturated heterocycles. The highest BCUT2D eigenvalue weighted by molar-refractivity contribution is 7.22. The van der Waals surface area contributed by atoms with Crippen molar-refractivity contribution in [3.63, 3.8) is 0 Å². The number of carbonyl (C=O) groups is 2. The molecule has 0 aliphatic carbocycles. The molecule has 1 aromatic heterocycles. The lowest BCUT2D eigenvalue weighted by Crippen LogP contribution is -2.34. The molecule has 0 fully saturated rings. The van der Waals surface area contributed by atoms with Gasteiger partial charge in [-0.25, -0.2) is 14.6 Å². The predicted molar refractivity (Wildman–Crippen MR) is 78.2 cm³/mol. The van der Waals surface area contributed by atoms with Crippen LogP contribution in [0.2, 0.25) is 0 Å². The Kier molecular flexibility index (Phi) is 4.19. The van der Waals surface area contributed by atoms with E-state index in [1.165, 1.54) is 18.4 Å². The second kappa shape index (κ2) is 5.87. The largest absolute Gasteiger partial charge is 0.465 e. The fourth-order valence-electron chi connectivity index (χ4n) is 1.62. The van der Waals surface area contributed by atoms with Gasteiger partial charge in [0.15, 0.2) is 5.13 Å². The molecule has 2 amide bonds. The Bertz CT molecular complexity index is 651. The Morgan fingerprint density at radius 3 is 2.75 bits per heavy atom. The molecular formula is C13H15N3O3S. The normalized spacial score (nSPS) is 10.6. The SMILES string of the molecule is COC(=O)c1ccc2nc(NC(=O)NC(C)C)sc2c1. The van der Waals surface area contributed by atoms with Crippen molar-refractivity contribution in [2.24, 2.45) is 0 Å². The quantitative estimate of drug-likeness (QED) is 0.852. The number of amides is 2. The number of nitrogens with one attached hydrogen (secondary N) is 2. The molecule has 0 bridgehead atoms. The van der Waals surface area contributed by atoms with Crippen molar-refractivity contribution in [1.29, 1.82) is 0 Å². The molecule has 20 heavy (non-hydrogen) atoms. The summed E-state index contributed by atoms with van der Waals surface area (Å²) in [5.74, 6) is -0.396. The Balaban J connectivity index is 2.21. The van der Waals surface area contributed by atoms with Crippen LogP contribution in [0, 0.1) is 0 Å². The molecule has 2 rings (SSSR count). The van der Waals surface area contributed by atoms with Crippen LogP contribution in [0.1, 0.15) is 24.2 Å². The maximum atomic E-state index is 11.6. The molecule has 0 aliphatic heterocycles. The van der Waals surface area contributed by atoms with E-state index in [0.29, 0.717) is 10.7 Å². The number of methoxy groups -OCH3 is 1. The molecule has 1 heterocycles. The van der Waals surface area contributed by atoms with Gasteiger partial charge in [-0.15, -0.1) is 0 Å². The second-order valence-corrected chi connectivity index (χ2v) is 5.48. The molecule has 0 spiro atoms. The summed E-state index contributed by atoms with van der Waals surface area (Å²) in [7, 11) is 1.34. The lowest BCUT2D eigenvalue weighted by molar-refractivity contribution is 0.0601. The fourth-order valence-corrected chi connectivity index (χ4v) is 2.52. The fraction of sp³-hybridized carbons (Fsp3) is 0.308. The van der Waals surface area contributed by atoms with Gasteiger partial charge in [0.05, 0.1) is 22.9 Å². The Morgan fingerprint density at radius 1 is 1.35 bits per heavy atom. The van der Waals surface area contributed by atoms with E-state index in [-0.39, 0.29) is 12.1 Å². The van der Waals surface area contributed by atoms with Crippen molar-refractivity contribution in [1.82, 2.24) is 10.3 Å². The van der Waals surface area contributed by atoms with Gasteiger partial charge in [0.2, 0.25) is 0 Å². The van der Waals surface area contributed by atoms with Crippen molar-refractivity contribution in [2.45, 2.75) is 19.9 Å². The highest BCUT2D eigenvalue weighted by Gasteiger charge is 2.11. The minimum atomic E-state index is -0.396. The number of aromatic nitrogens is 1. The molecule has 1 aromatic carbocycles. The minimum Gasteiger partial charge on any atom is -0.465 e. The van der Waals surface area contributed by atoms with Crippen molar-refractivity contribution in [3.05, 3.63) is 23.8 Å². The molecule has 0 saturated carbocycles. The van der Waals surface area contributed by atoms with Crippen LogP contribution in [0.4, 0.5) is 9.93 Å². The van der Waals surface area contributed by atoms with Crippen molar-refractivity contribution >= 4 is 38.7 Å². The predicted octanol–water partition coefficient (Wildman–Crippen LogP) is 2.61. The van der Waals surface area contributed by atoms with Crippen LogP contribution in [-0.4, -0.2) is 30.1 Å². The smallest absolute Gasteiger partial charge is 0.337 e. The summed E-state index contributed by atoms with van der Waals surface area (Å²) < 4.78 is 5.48. The molecule has 0 aliphatic rings. The number of fused-ring (bicyclic) bond motifs is 1. The molecule has 0 radical (unpaired) electrons. The molecule has 7 heteroatoms. The van der Waals surface area contributed by atoms with E-state index in [2.05, 4.69) is 20.4 Å². The Labute approximate surface area is 120 Å². The molecule has 0 unspecified atom stereocenters. The van der Waals surface area contributed by atoms with E-state index in [9.17, 15) is 9.59 Å². The molecular weight excluding hydrogens is 278 g/mol. The first-order chi connectivity index (χ1) is 9.49. The average molecular weight is 293 g/mol. The Morgan fingerprint density at radius 2 is 2.10 bits per heavy atom. The maximum absolute atomic E-state index is 11.6. The van der Waals surface area contributed by atoms with Crippen LogP contribution >= 0.6 is 11.3 Å². The lowest BCUT2D eigenvalue weighted by atomic mass is 10.2. The van der Waals surface area contributed by atoms with Gasteiger partial charge in [-0.05, 0) is 32.0 Å². The highest BCUT2D eigenvalue weighted by Crippen LogP contribution is 2.26. The van der Waals surface area contributed by atoms with Gasteiger partial charge in [0.1, 0.15) is 0 Å². The van der Waals surface area contributed by atoms with E-state index < -0.39 is 5.97 Å². The third-order valence-corrected chi connectivity index (χ3v) is 3.38. The van der Waals surface area contributed by atoms with E-state index in [0.717, 1.165) is 10.2 Å². The standard InChI is InChI=1S/C13H15N3O3S/c1-7(2)14-12(18)16-13-15-9-5-4-8(11(17)19-3)6-10(9)20-13/h4-7H,1-3H3,(H2,14,15,16,18). The first kappa shape index (κ1) is 14.3. The minimum absolute atomic E-state index is 0.0512. The third-order valence-electron chi connectivity index (χ3n) is 2.45. The summed E-state index contributed by atoms with van der Waals surface area (Å²) in [6.45, 7) is 3.75. The van der Waals surface area contributed by atoms with Crippen LogP contribution in [0.5, 0.6) is 0 Å².